The summed E-state index contributed by atoms with van der Waals surface area (Å²) in [6, 6.07) is 1.35. The second kappa shape index (κ2) is 23.6. The SMILES string of the molecule is COC(=O)C(C(=O)OC)=C(C[n+]1ccc2ccccc2c1)C1CCCCC1.FC(F)(F)c1cc([B-](c2cc(C(F)(F)F)cc(C(F)(F)F)c2)(c2cc(C(F)(F)F)cc(C(F)(F)F)c2)c2cc(C(F)(F)F)cc(C(F)(F)F)c2)cc(C(F)(F)F)c1. The number of allylic oxidation sites excluding steroid dienone is 1. The molecule has 1 fully saturated rings. The fraction of sp³-hybridized carbons (Fsp3) is 0.315. The van der Waals surface area contributed by atoms with Crippen molar-refractivity contribution in [3.63, 3.8) is 0 Å². The molecule has 0 aliphatic heterocycles. The standard InChI is InChI=1S/C32H12BF24.C22H26NO4/c34-25(35,36)13-1-14(26(37,38)39)6-21(5-13)33(22-7-15(27(40,41)42)2-16(8-22)28(43,44)45,23-9-17(29(46,47)48)3-18(10-23)30(49,50)51)24-11-19(31(52,53)54)4-20(12-24)32(55,56)57;1-26-21(24)20(22(25)27-2)19(17-9-4-3-5-10-17)15-23-13-12-16-8-6-7-11-18(16)14-23/h1-12H;6-8,11-14,17H,3-5,9-10,15H2,1-2H3/q-1;+1. The minimum absolute atomic E-state index is 0.0487. The van der Waals surface area contributed by atoms with Crippen molar-refractivity contribution >= 4 is 50.7 Å². The molecule has 454 valence electrons. The number of carbonyl (C=O) groups excluding carboxylic acids is 2. The van der Waals surface area contributed by atoms with Gasteiger partial charge >= 0.3 is 61.3 Å². The molecule has 6 aromatic rings. The van der Waals surface area contributed by atoms with E-state index in [0.29, 0.717) is 6.54 Å². The van der Waals surface area contributed by atoms with Crippen LogP contribution in [-0.4, -0.2) is 32.3 Å². The molecule has 0 saturated heterocycles. The zero-order valence-electron chi connectivity index (χ0n) is 42.5. The van der Waals surface area contributed by atoms with E-state index in [2.05, 4.69) is 12.1 Å². The summed E-state index contributed by atoms with van der Waals surface area (Å²) in [5.41, 5.74) is -29.3. The van der Waals surface area contributed by atoms with Crippen molar-refractivity contribution in [3.05, 3.63) is 171 Å². The number of fused-ring (bicyclic) bond motifs is 1. The Morgan fingerprint density at radius 2 is 0.690 bits per heavy atom. The Bertz CT molecular complexity index is 2980. The van der Waals surface area contributed by atoms with Gasteiger partial charge in [-0.05, 0) is 54.5 Å². The van der Waals surface area contributed by atoms with Crippen LogP contribution in [0, 0.1) is 5.92 Å². The summed E-state index contributed by atoms with van der Waals surface area (Å²) in [6.07, 6.45) is -45.4. The molecule has 1 aromatic heterocycles. The summed E-state index contributed by atoms with van der Waals surface area (Å²) in [5, 5.41) is 2.26. The van der Waals surface area contributed by atoms with Gasteiger partial charge in [0.25, 0.3) is 0 Å². The van der Waals surface area contributed by atoms with Gasteiger partial charge in [0.1, 0.15) is 6.15 Å². The lowest BCUT2D eigenvalue weighted by Crippen LogP contribution is -2.75. The molecule has 0 spiro atoms. The molecular formula is C54H38BF24NO4. The van der Waals surface area contributed by atoms with Gasteiger partial charge in [-0.2, -0.15) is 127 Å². The van der Waals surface area contributed by atoms with E-state index in [4.69, 9.17) is 9.47 Å². The molecule has 5 nitrogen and oxygen atoms in total. The van der Waals surface area contributed by atoms with Crippen molar-refractivity contribution in [2.24, 2.45) is 5.92 Å². The minimum Gasteiger partial charge on any atom is -0.465 e. The van der Waals surface area contributed by atoms with Gasteiger partial charge in [0, 0.05) is 17.0 Å². The zero-order valence-corrected chi connectivity index (χ0v) is 42.5. The second-order valence-electron chi connectivity index (χ2n) is 19.2. The monoisotopic (exact) mass is 1230 g/mol. The van der Waals surface area contributed by atoms with Crippen molar-refractivity contribution in [1.82, 2.24) is 0 Å². The van der Waals surface area contributed by atoms with Gasteiger partial charge in [-0.25, -0.2) is 14.2 Å². The number of benzene rings is 5. The summed E-state index contributed by atoms with van der Waals surface area (Å²) in [5.74, 6) is -1.06. The summed E-state index contributed by atoms with van der Waals surface area (Å²) in [4.78, 5) is 24.8. The highest BCUT2D eigenvalue weighted by atomic mass is 19.4. The van der Waals surface area contributed by atoms with Crippen molar-refractivity contribution in [1.29, 1.82) is 0 Å². The number of pyridine rings is 1. The van der Waals surface area contributed by atoms with E-state index in [0.717, 1.165) is 42.0 Å². The molecule has 1 heterocycles. The van der Waals surface area contributed by atoms with E-state index in [1.165, 1.54) is 20.6 Å². The Morgan fingerprint density at radius 1 is 0.417 bits per heavy atom. The molecule has 0 atom stereocenters. The Morgan fingerprint density at radius 3 is 0.952 bits per heavy atom. The Balaban J connectivity index is 0.000000347. The molecule has 1 saturated carbocycles. The number of carbonyl (C=O) groups is 2. The molecule has 0 amide bonds. The first-order valence-electron chi connectivity index (χ1n) is 24.0. The van der Waals surface area contributed by atoms with Crippen LogP contribution < -0.4 is 26.4 Å². The molecule has 7 rings (SSSR count). The van der Waals surface area contributed by atoms with Crippen LogP contribution in [0.2, 0.25) is 0 Å². The maximum atomic E-state index is 14.2. The molecule has 30 heteroatoms. The molecule has 1 aliphatic rings. The summed E-state index contributed by atoms with van der Waals surface area (Å²) in [7, 11) is 2.60. The zero-order chi connectivity index (χ0) is 63.1. The predicted molar refractivity (Wildman–Crippen MR) is 252 cm³/mol. The smallest absolute Gasteiger partial charge is 0.416 e. The Hall–Kier alpha value is -7.43. The van der Waals surface area contributed by atoms with Crippen LogP contribution in [0.4, 0.5) is 105 Å². The third-order valence-electron chi connectivity index (χ3n) is 13.7. The van der Waals surface area contributed by atoms with Crippen LogP contribution in [0.15, 0.2) is 127 Å². The molecule has 1 aliphatic carbocycles. The van der Waals surface area contributed by atoms with Crippen LogP contribution in [0.1, 0.15) is 76.6 Å². The normalized spacial score (nSPS) is 14.4. The van der Waals surface area contributed by atoms with E-state index in [9.17, 15) is 115 Å². The number of esters is 2. The quantitative estimate of drug-likeness (QED) is 0.0275. The molecule has 5 aromatic carbocycles. The predicted octanol–water partition coefficient (Wildman–Crippen LogP) is 14.6. The Kier molecular flexibility index (Phi) is 18.4. The van der Waals surface area contributed by atoms with E-state index < -0.39 is 207 Å². The number of rotatable bonds is 9. The molecule has 84 heavy (non-hydrogen) atoms. The van der Waals surface area contributed by atoms with Crippen LogP contribution >= 0.6 is 0 Å². The van der Waals surface area contributed by atoms with Gasteiger partial charge in [0.05, 0.1) is 58.7 Å². The lowest BCUT2D eigenvalue weighted by Gasteiger charge is -2.46. The topological polar surface area (TPSA) is 56.5 Å². The number of alkyl halides is 24. The van der Waals surface area contributed by atoms with E-state index >= 15 is 0 Å². The lowest BCUT2D eigenvalue weighted by atomic mass is 9.12. The number of methoxy groups -OCH3 is 2. The fourth-order valence-corrected chi connectivity index (χ4v) is 9.96. The van der Waals surface area contributed by atoms with Crippen molar-refractivity contribution in [3.8, 4) is 0 Å². The number of hydrogen-bond donors (Lipinski definition) is 0. The number of halogens is 24. The van der Waals surface area contributed by atoms with Gasteiger partial charge in [0.15, 0.2) is 24.5 Å². The number of hydrogen-bond acceptors (Lipinski definition) is 4. The largest absolute Gasteiger partial charge is 0.465 e. The minimum atomic E-state index is -6.13. The molecule has 0 bridgehead atoms. The maximum Gasteiger partial charge on any atom is 0.416 e. The highest BCUT2D eigenvalue weighted by Gasteiger charge is 2.47. The molecule has 0 radical (unpaired) electrons. The summed E-state index contributed by atoms with van der Waals surface area (Å²) in [6.45, 7) is 0.467. The summed E-state index contributed by atoms with van der Waals surface area (Å²) >= 11 is 0. The van der Waals surface area contributed by atoms with E-state index in [-0.39, 0.29) is 11.5 Å². The highest BCUT2D eigenvalue weighted by molar-refractivity contribution is 7.20. The Labute approximate surface area is 458 Å². The number of nitrogens with zero attached hydrogens (tertiary/aromatic N) is 1. The molecule has 0 unspecified atom stereocenters. The van der Waals surface area contributed by atoms with Gasteiger partial charge in [0.2, 0.25) is 0 Å². The third-order valence-corrected chi connectivity index (χ3v) is 13.7. The number of aromatic nitrogens is 1. The highest BCUT2D eigenvalue weighted by Crippen LogP contribution is 2.42. The van der Waals surface area contributed by atoms with Gasteiger partial charge < -0.3 is 9.47 Å². The summed E-state index contributed by atoms with van der Waals surface area (Å²) < 4.78 is 353. The van der Waals surface area contributed by atoms with Gasteiger partial charge in [-0.1, -0.05) is 86.0 Å². The second-order valence-corrected chi connectivity index (χ2v) is 19.2. The first-order chi connectivity index (χ1) is 38.4. The van der Waals surface area contributed by atoms with Crippen molar-refractivity contribution < 1.29 is 129 Å². The first kappa shape index (κ1) is 65.7. The molecular weight excluding hydrogens is 1190 g/mol. The van der Waals surface area contributed by atoms with Crippen LogP contribution in [0.25, 0.3) is 10.8 Å². The third kappa shape index (κ3) is 14.9. The fourth-order valence-electron chi connectivity index (χ4n) is 9.96. The van der Waals surface area contributed by atoms with E-state index in [1.54, 1.807) is 0 Å². The van der Waals surface area contributed by atoms with Crippen molar-refractivity contribution in [2.75, 3.05) is 14.2 Å². The van der Waals surface area contributed by atoms with Crippen LogP contribution in [0.5, 0.6) is 0 Å². The number of ether oxygens (including phenoxy) is 2. The van der Waals surface area contributed by atoms with Gasteiger partial charge in [-0.15, -0.1) is 0 Å². The average molecular weight is 1230 g/mol. The van der Waals surface area contributed by atoms with Crippen molar-refractivity contribution in [2.45, 2.75) is 88.1 Å². The van der Waals surface area contributed by atoms with Crippen LogP contribution in [0.3, 0.4) is 0 Å². The first-order valence-corrected chi connectivity index (χ1v) is 24.0. The lowest BCUT2D eigenvalue weighted by molar-refractivity contribution is -0.688. The molecule has 0 N–H and O–H groups in total. The average Bonchev–Trinajstić information content (AvgIpc) is 0.952. The van der Waals surface area contributed by atoms with Gasteiger partial charge in [-0.3, -0.25) is 0 Å². The van der Waals surface area contributed by atoms with Crippen LogP contribution in [-0.2, 0) is 75.0 Å². The van der Waals surface area contributed by atoms with E-state index in [1.807, 2.05) is 35.2 Å². The maximum absolute atomic E-state index is 14.2.